The van der Waals surface area contributed by atoms with Crippen molar-refractivity contribution in [2.75, 3.05) is 31.1 Å². The SMILES string of the molecule is c1ccc(CN2CC3CC3(c3ccc(N4CCCCC4)cc3)C2)cc1. The Hall–Kier alpha value is -1.80. The number of hydrogen-bond donors (Lipinski definition) is 0. The highest BCUT2D eigenvalue weighted by molar-refractivity contribution is 5.51. The highest BCUT2D eigenvalue weighted by atomic mass is 15.2. The van der Waals surface area contributed by atoms with E-state index in [1.807, 2.05) is 0 Å². The third kappa shape index (κ3) is 2.87. The molecule has 2 unspecified atom stereocenters. The van der Waals surface area contributed by atoms with Gasteiger partial charge in [0.2, 0.25) is 0 Å². The van der Waals surface area contributed by atoms with E-state index in [4.69, 9.17) is 0 Å². The first-order valence-corrected chi connectivity index (χ1v) is 9.95. The van der Waals surface area contributed by atoms with E-state index in [-0.39, 0.29) is 0 Å². The molecule has 2 saturated heterocycles. The summed E-state index contributed by atoms with van der Waals surface area (Å²) in [6, 6.07) is 20.5. The Balaban J connectivity index is 1.28. The van der Waals surface area contributed by atoms with Crippen molar-refractivity contribution in [3.63, 3.8) is 0 Å². The van der Waals surface area contributed by atoms with Crippen LogP contribution in [0.15, 0.2) is 54.6 Å². The van der Waals surface area contributed by atoms with Crippen LogP contribution < -0.4 is 4.90 Å². The second-order valence-electron chi connectivity index (χ2n) is 8.31. The Morgan fingerprint density at radius 3 is 2.40 bits per heavy atom. The van der Waals surface area contributed by atoms with E-state index in [1.165, 1.54) is 63.1 Å². The average molecular weight is 332 g/mol. The van der Waals surface area contributed by atoms with E-state index >= 15 is 0 Å². The second-order valence-corrected chi connectivity index (χ2v) is 8.31. The van der Waals surface area contributed by atoms with Crippen LogP contribution in [-0.2, 0) is 12.0 Å². The number of nitrogens with zero attached hydrogens (tertiary/aromatic N) is 2. The van der Waals surface area contributed by atoms with Crippen LogP contribution in [0.4, 0.5) is 5.69 Å². The fraction of sp³-hybridized carbons (Fsp3) is 0.478. The molecule has 1 saturated carbocycles. The maximum absolute atomic E-state index is 2.65. The molecule has 2 aromatic rings. The van der Waals surface area contributed by atoms with Crippen molar-refractivity contribution in [1.29, 1.82) is 0 Å². The van der Waals surface area contributed by atoms with Crippen LogP contribution >= 0.6 is 0 Å². The smallest absolute Gasteiger partial charge is 0.0366 e. The summed E-state index contributed by atoms with van der Waals surface area (Å²) in [6.07, 6.45) is 5.49. The molecule has 0 amide bonds. The lowest BCUT2D eigenvalue weighted by Gasteiger charge is -2.29. The molecule has 1 aliphatic carbocycles. The molecule has 2 nitrogen and oxygen atoms in total. The van der Waals surface area contributed by atoms with Crippen molar-refractivity contribution in [1.82, 2.24) is 4.90 Å². The number of hydrogen-bond acceptors (Lipinski definition) is 2. The largest absolute Gasteiger partial charge is 0.372 e. The normalized spacial score (nSPS) is 28.8. The van der Waals surface area contributed by atoms with E-state index in [0.29, 0.717) is 5.41 Å². The van der Waals surface area contributed by atoms with Gasteiger partial charge in [-0.15, -0.1) is 0 Å². The summed E-state index contributed by atoms with van der Waals surface area (Å²) >= 11 is 0. The first-order valence-electron chi connectivity index (χ1n) is 9.95. The standard InChI is InChI=1S/C23H28N2/c1-3-7-19(8-4-1)16-24-17-21-15-23(21,18-24)20-9-11-22(12-10-20)25-13-5-2-6-14-25/h1,3-4,7-12,21H,2,5-6,13-18H2. The zero-order chi connectivity index (χ0) is 16.7. The quantitative estimate of drug-likeness (QED) is 0.816. The van der Waals surface area contributed by atoms with Gasteiger partial charge in [0.15, 0.2) is 0 Å². The Morgan fingerprint density at radius 2 is 1.64 bits per heavy atom. The molecule has 0 N–H and O–H groups in total. The minimum atomic E-state index is 0.454. The lowest BCUT2D eigenvalue weighted by Crippen LogP contribution is -2.29. The lowest BCUT2D eigenvalue weighted by atomic mass is 9.94. The molecule has 3 fully saturated rings. The van der Waals surface area contributed by atoms with Crippen LogP contribution in [-0.4, -0.2) is 31.1 Å². The fourth-order valence-electron chi connectivity index (χ4n) is 5.15. The first-order chi connectivity index (χ1) is 12.3. The molecule has 2 atom stereocenters. The van der Waals surface area contributed by atoms with E-state index in [0.717, 1.165) is 12.5 Å². The Morgan fingerprint density at radius 1 is 0.880 bits per heavy atom. The minimum absolute atomic E-state index is 0.454. The third-order valence-corrected chi connectivity index (χ3v) is 6.63. The molecule has 0 radical (unpaired) electrons. The summed E-state index contributed by atoms with van der Waals surface area (Å²) in [5.41, 5.74) is 4.90. The number of rotatable bonds is 4. The molecule has 130 valence electrons. The van der Waals surface area contributed by atoms with Gasteiger partial charge in [-0.2, -0.15) is 0 Å². The second kappa shape index (κ2) is 6.17. The van der Waals surface area contributed by atoms with Crippen LogP contribution in [0.1, 0.15) is 36.8 Å². The molecule has 2 heterocycles. The summed E-state index contributed by atoms with van der Waals surface area (Å²) in [5, 5.41) is 0. The average Bonchev–Trinajstić information content (AvgIpc) is 3.25. The van der Waals surface area contributed by atoms with Crippen LogP contribution in [0.2, 0.25) is 0 Å². The van der Waals surface area contributed by atoms with Crippen molar-refractivity contribution < 1.29 is 0 Å². The topological polar surface area (TPSA) is 6.48 Å². The summed E-state index contributed by atoms with van der Waals surface area (Å²) in [5.74, 6) is 0.872. The minimum Gasteiger partial charge on any atom is -0.372 e. The monoisotopic (exact) mass is 332 g/mol. The zero-order valence-electron chi connectivity index (χ0n) is 15.0. The lowest BCUT2D eigenvalue weighted by molar-refractivity contribution is 0.290. The molecule has 0 spiro atoms. The molecular weight excluding hydrogens is 304 g/mol. The maximum atomic E-state index is 2.65. The van der Waals surface area contributed by atoms with Gasteiger partial charge in [-0.05, 0) is 54.9 Å². The van der Waals surface area contributed by atoms with Gasteiger partial charge in [0.05, 0.1) is 0 Å². The van der Waals surface area contributed by atoms with Crippen molar-refractivity contribution in [2.24, 2.45) is 5.92 Å². The van der Waals surface area contributed by atoms with Crippen LogP contribution in [0, 0.1) is 5.92 Å². The predicted octanol–water partition coefficient (Wildman–Crippen LogP) is 4.45. The van der Waals surface area contributed by atoms with Crippen molar-refractivity contribution in [3.8, 4) is 0 Å². The Kier molecular flexibility index (Phi) is 3.82. The van der Waals surface area contributed by atoms with Gasteiger partial charge in [0.25, 0.3) is 0 Å². The molecule has 5 rings (SSSR count). The summed E-state index contributed by atoms with van der Waals surface area (Å²) < 4.78 is 0. The summed E-state index contributed by atoms with van der Waals surface area (Å²) in [4.78, 5) is 5.22. The van der Waals surface area contributed by atoms with Gasteiger partial charge in [0.1, 0.15) is 0 Å². The molecule has 2 heteroatoms. The Bertz CT molecular complexity index is 718. The van der Waals surface area contributed by atoms with Crippen LogP contribution in [0.3, 0.4) is 0 Å². The molecule has 0 bridgehead atoms. The van der Waals surface area contributed by atoms with E-state index in [2.05, 4.69) is 64.4 Å². The first kappa shape index (κ1) is 15.5. The number of piperidine rings is 2. The highest BCUT2D eigenvalue weighted by Gasteiger charge is 2.60. The maximum Gasteiger partial charge on any atom is 0.0366 e. The van der Waals surface area contributed by atoms with Crippen molar-refractivity contribution in [3.05, 3.63) is 65.7 Å². The van der Waals surface area contributed by atoms with Gasteiger partial charge in [-0.25, -0.2) is 0 Å². The zero-order valence-corrected chi connectivity index (χ0v) is 15.0. The van der Waals surface area contributed by atoms with Crippen molar-refractivity contribution in [2.45, 2.75) is 37.6 Å². The molecule has 2 aromatic carbocycles. The van der Waals surface area contributed by atoms with Gasteiger partial charge < -0.3 is 4.90 Å². The van der Waals surface area contributed by atoms with Crippen molar-refractivity contribution >= 4 is 5.69 Å². The van der Waals surface area contributed by atoms with E-state index < -0.39 is 0 Å². The van der Waals surface area contributed by atoms with Crippen LogP contribution in [0.25, 0.3) is 0 Å². The number of benzene rings is 2. The molecule has 2 aliphatic heterocycles. The molecular formula is C23H28N2. The summed E-state index contributed by atoms with van der Waals surface area (Å²) in [6.45, 7) is 6.07. The van der Waals surface area contributed by atoms with Crippen LogP contribution in [0.5, 0.6) is 0 Å². The predicted molar refractivity (Wildman–Crippen MR) is 104 cm³/mol. The Labute approximate surface area is 151 Å². The van der Waals surface area contributed by atoms with Gasteiger partial charge in [0, 0.05) is 43.8 Å². The highest BCUT2D eigenvalue weighted by Crippen LogP contribution is 2.59. The molecule has 0 aromatic heterocycles. The number of likely N-dealkylation sites (tertiary alicyclic amines) is 1. The van der Waals surface area contributed by atoms with Gasteiger partial charge in [-0.1, -0.05) is 42.5 Å². The van der Waals surface area contributed by atoms with E-state index in [1.54, 1.807) is 5.56 Å². The summed E-state index contributed by atoms with van der Waals surface area (Å²) in [7, 11) is 0. The van der Waals surface area contributed by atoms with Gasteiger partial charge in [-0.3, -0.25) is 4.90 Å². The van der Waals surface area contributed by atoms with Gasteiger partial charge >= 0.3 is 0 Å². The van der Waals surface area contributed by atoms with E-state index in [9.17, 15) is 0 Å². The third-order valence-electron chi connectivity index (χ3n) is 6.63. The molecule has 25 heavy (non-hydrogen) atoms. The number of anilines is 1. The number of fused-ring (bicyclic) bond motifs is 1. The fourth-order valence-corrected chi connectivity index (χ4v) is 5.15. The molecule has 3 aliphatic rings.